The van der Waals surface area contributed by atoms with Crippen LogP contribution in [-0.2, 0) is 6.54 Å². The van der Waals surface area contributed by atoms with Crippen LogP contribution in [0.1, 0.15) is 30.7 Å². The number of pyridine rings is 1. The van der Waals surface area contributed by atoms with Gasteiger partial charge in [-0.1, -0.05) is 12.1 Å². The summed E-state index contributed by atoms with van der Waals surface area (Å²) in [4.78, 5) is 11.8. The van der Waals surface area contributed by atoms with Gasteiger partial charge < -0.3 is 15.2 Å². The average molecular weight is 421 g/mol. The van der Waals surface area contributed by atoms with Gasteiger partial charge in [0.05, 0.1) is 41.3 Å². The number of fused-ring (bicyclic) bond motifs is 1. The molecule has 4 aromatic rings. The van der Waals surface area contributed by atoms with Gasteiger partial charge in [0.15, 0.2) is 11.7 Å². The van der Waals surface area contributed by atoms with E-state index < -0.39 is 6.10 Å². The monoisotopic (exact) mass is 421 g/mol. The van der Waals surface area contributed by atoms with Crippen LogP contribution in [0.5, 0.6) is 5.88 Å². The Labute approximate surface area is 178 Å². The molecule has 0 amide bonds. The van der Waals surface area contributed by atoms with Crippen LogP contribution in [0.15, 0.2) is 41.5 Å². The van der Waals surface area contributed by atoms with Crippen molar-refractivity contribution in [3.8, 4) is 17.1 Å². The largest absolute Gasteiger partial charge is 0.494 e. The second kappa shape index (κ2) is 7.96. The Hall–Kier alpha value is -3.52. The van der Waals surface area contributed by atoms with E-state index in [1.54, 1.807) is 36.9 Å². The van der Waals surface area contributed by atoms with Crippen LogP contribution in [0.4, 0.5) is 10.2 Å². The molecule has 31 heavy (non-hydrogen) atoms. The molecule has 7 nitrogen and oxygen atoms in total. The van der Waals surface area contributed by atoms with Crippen molar-refractivity contribution in [3.05, 3.63) is 59.2 Å². The van der Waals surface area contributed by atoms with Gasteiger partial charge in [0.1, 0.15) is 5.82 Å². The molecule has 160 valence electrons. The van der Waals surface area contributed by atoms with Crippen molar-refractivity contribution in [3.63, 3.8) is 0 Å². The molecule has 0 saturated carbocycles. The summed E-state index contributed by atoms with van der Waals surface area (Å²) >= 11 is 0. The second-order valence-corrected chi connectivity index (χ2v) is 7.77. The number of nitrogens with zero attached hydrogens (tertiary/aromatic N) is 4. The number of aromatic nitrogens is 4. The number of aliphatic imine (C=N–C) groups is 1. The first kappa shape index (κ1) is 20.7. The quantitative estimate of drug-likeness (QED) is 0.416. The molecule has 3 N–H and O–H groups in total. The summed E-state index contributed by atoms with van der Waals surface area (Å²) in [6, 6.07) is 8.46. The molecule has 3 heterocycles. The van der Waals surface area contributed by atoms with E-state index in [4.69, 9.17) is 0 Å². The summed E-state index contributed by atoms with van der Waals surface area (Å²) in [7, 11) is 0. The van der Waals surface area contributed by atoms with E-state index in [9.17, 15) is 14.6 Å². The predicted octanol–water partition coefficient (Wildman–Crippen LogP) is 4.41. The molecular weight excluding hydrogens is 397 g/mol. The minimum absolute atomic E-state index is 0.0411. The lowest BCUT2D eigenvalue weighted by Crippen LogP contribution is -2.13. The molecule has 4 rings (SSSR count). The SMILES string of the molecule is CC(=Nc1cc(C)n(C[C@@H](C)O)n1)c1c(O)[nH]c2cnc(-c3c(C)cccc3F)cc12. The van der Waals surface area contributed by atoms with Crippen LogP contribution >= 0.6 is 0 Å². The number of hydrogen-bond donors (Lipinski definition) is 3. The van der Waals surface area contributed by atoms with Gasteiger partial charge in [0, 0.05) is 22.7 Å². The van der Waals surface area contributed by atoms with Gasteiger partial charge in [0.2, 0.25) is 0 Å². The number of hydrogen-bond acceptors (Lipinski definition) is 5. The highest BCUT2D eigenvalue weighted by Crippen LogP contribution is 2.33. The molecule has 0 radical (unpaired) electrons. The number of aliphatic hydroxyl groups excluding tert-OH is 1. The van der Waals surface area contributed by atoms with Crippen LogP contribution in [0.25, 0.3) is 22.2 Å². The summed E-state index contributed by atoms with van der Waals surface area (Å²) in [5.41, 5.74) is 4.24. The zero-order chi connectivity index (χ0) is 22.3. The lowest BCUT2D eigenvalue weighted by atomic mass is 10.0. The van der Waals surface area contributed by atoms with E-state index in [1.165, 1.54) is 6.07 Å². The number of aryl methyl sites for hydroxylation is 2. The summed E-state index contributed by atoms with van der Waals surface area (Å²) in [6.45, 7) is 7.57. The Morgan fingerprint density at radius 2 is 2.06 bits per heavy atom. The van der Waals surface area contributed by atoms with E-state index in [0.717, 1.165) is 11.3 Å². The molecule has 0 unspecified atom stereocenters. The molecule has 0 bridgehead atoms. The Bertz CT molecular complexity index is 1280. The van der Waals surface area contributed by atoms with Crippen molar-refractivity contribution in [1.29, 1.82) is 0 Å². The highest BCUT2D eigenvalue weighted by molar-refractivity contribution is 6.13. The third-order valence-corrected chi connectivity index (χ3v) is 5.19. The molecule has 8 heteroatoms. The predicted molar refractivity (Wildman–Crippen MR) is 118 cm³/mol. The Kier molecular flexibility index (Phi) is 5.32. The molecule has 1 aromatic carbocycles. The topological polar surface area (TPSA) is 99.3 Å². The third kappa shape index (κ3) is 3.94. The summed E-state index contributed by atoms with van der Waals surface area (Å²) in [5.74, 6) is 0.0851. The van der Waals surface area contributed by atoms with Gasteiger partial charge >= 0.3 is 0 Å². The van der Waals surface area contributed by atoms with E-state index in [-0.39, 0.29) is 11.7 Å². The van der Waals surface area contributed by atoms with Crippen LogP contribution < -0.4 is 0 Å². The molecule has 0 aliphatic rings. The van der Waals surface area contributed by atoms with Gasteiger partial charge in [-0.05, 0) is 45.4 Å². The summed E-state index contributed by atoms with van der Waals surface area (Å²) in [6.07, 6.45) is 1.05. The molecule has 0 spiro atoms. The van der Waals surface area contributed by atoms with Crippen molar-refractivity contribution in [2.45, 2.75) is 40.3 Å². The molecule has 0 fully saturated rings. The van der Waals surface area contributed by atoms with Crippen LogP contribution in [0, 0.1) is 19.7 Å². The number of H-pyrrole nitrogens is 1. The van der Waals surface area contributed by atoms with E-state index in [1.807, 2.05) is 26.0 Å². The third-order valence-electron chi connectivity index (χ3n) is 5.19. The van der Waals surface area contributed by atoms with Gasteiger partial charge in [-0.25, -0.2) is 9.38 Å². The van der Waals surface area contributed by atoms with Crippen molar-refractivity contribution < 1.29 is 14.6 Å². The maximum atomic E-state index is 14.5. The second-order valence-electron chi connectivity index (χ2n) is 7.77. The Morgan fingerprint density at radius 3 is 2.77 bits per heavy atom. The fourth-order valence-corrected chi connectivity index (χ4v) is 3.75. The summed E-state index contributed by atoms with van der Waals surface area (Å²) in [5, 5.41) is 25.3. The maximum Gasteiger partial charge on any atom is 0.198 e. The minimum atomic E-state index is -0.526. The number of rotatable bonds is 5. The molecular formula is C23H24FN5O2. The van der Waals surface area contributed by atoms with Gasteiger partial charge in [0.25, 0.3) is 0 Å². The van der Waals surface area contributed by atoms with E-state index in [2.05, 4.69) is 20.1 Å². The number of nitrogens with one attached hydrogen (secondary N) is 1. The number of benzene rings is 1. The molecule has 0 aliphatic heterocycles. The maximum absolute atomic E-state index is 14.5. The Balaban J connectivity index is 1.80. The fourth-order valence-electron chi connectivity index (χ4n) is 3.75. The highest BCUT2D eigenvalue weighted by Gasteiger charge is 2.18. The van der Waals surface area contributed by atoms with Crippen molar-refractivity contribution in [1.82, 2.24) is 19.7 Å². The molecule has 0 saturated heterocycles. The zero-order valence-electron chi connectivity index (χ0n) is 17.8. The highest BCUT2D eigenvalue weighted by atomic mass is 19.1. The lowest BCUT2D eigenvalue weighted by molar-refractivity contribution is 0.167. The molecule has 1 atom stereocenters. The van der Waals surface area contributed by atoms with Crippen molar-refractivity contribution in [2.75, 3.05) is 0 Å². The first-order valence-corrected chi connectivity index (χ1v) is 9.99. The van der Waals surface area contributed by atoms with Crippen LogP contribution in [0.3, 0.4) is 0 Å². The number of halogens is 1. The van der Waals surface area contributed by atoms with Crippen molar-refractivity contribution >= 4 is 22.4 Å². The average Bonchev–Trinajstić information content (AvgIpc) is 3.19. The van der Waals surface area contributed by atoms with Crippen LogP contribution in [0.2, 0.25) is 0 Å². The standard InChI is InChI=1S/C23H24FN5O2/c1-12-6-5-7-17(24)21(12)18-9-16-19(10-25-18)27-23(31)22(16)15(4)26-20-8-13(2)29(28-20)11-14(3)30/h5-10,14,27,30-31H,11H2,1-4H3/t14-/m1/s1. The smallest absolute Gasteiger partial charge is 0.198 e. The van der Waals surface area contributed by atoms with Crippen LogP contribution in [-0.4, -0.2) is 41.8 Å². The van der Waals surface area contributed by atoms with E-state index >= 15 is 0 Å². The van der Waals surface area contributed by atoms with E-state index in [0.29, 0.717) is 45.8 Å². The lowest BCUT2D eigenvalue weighted by Gasteiger charge is -2.07. The normalized spacial score (nSPS) is 13.2. The van der Waals surface area contributed by atoms with Gasteiger partial charge in [-0.3, -0.25) is 9.67 Å². The van der Waals surface area contributed by atoms with Gasteiger partial charge in [-0.15, -0.1) is 0 Å². The number of aromatic amines is 1. The van der Waals surface area contributed by atoms with Crippen molar-refractivity contribution in [2.24, 2.45) is 4.99 Å². The minimum Gasteiger partial charge on any atom is -0.494 e. The zero-order valence-corrected chi connectivity index (χ0v) is 17.8. The first-order valence-electron chi connectivity index (χ1n) is 9.99. The first-order chi connectivity index (χ1) is 14.7. The van der Waals surface area contributed by atoms with Gasteiger partial charge in [-0.2, -0.15) is 5.10 Å². The number of aliphatic hydroxyl groups is 1. The fraction of sp³-hybridized carbons (Fsp3) is 0.261. The molecule has 0 aliphatic carbocycles. The number of aromatic hydroxyl groups is 1. The molecule has 3 aromatic heterocycles. The summed E-state index contributed by atoms with van der Waals surface area (Å²) < 4.78 is 16.2. The Morgan fingerprint density at radius 1 is 1.29 bits per heavy atom.